The van der Waals surface area contributed by atoms with Crippen molar-refractivity contribution in [3.8, 4) is 11.5 Å². The molecule has 1 aliphatic rings. The third kappa shape index (κ3) is 3.35. The smallest absolute Gasteiger partial charge is 0.312 e. The molecule has 128 valence electrons. The summed E-state index contributed by atoms with van der Waals surface area (Å²) < 4.78 is 5.66. The average Bonchev–Trinajstić information content (AvgIpc) is 2.61. The van der Waals surface area contributed by atoms with E-state index in [4.69, 9.17) is 4.74 Å². The van der Waals surface area contributed by atoms with Crippen molar-refractivity contribution in [1.29, 1.82) is 0 Å². The van der Waals surface area contributed by atoms with Crippen molar-refractivity contribution in [1.82, 2.24) is 5.32 Å². The fraction of sp³-hybridized carbons (Fsp3) is 0.222. The zero-order valence-corrected chi connectivity index (χ0v) is 13.6. The zero-order chi connectivity index (χ0) is 18.0. The maximum absolute atomic E-state index is 11.9. The van der Waals surface area contributed by atoms with Gasteiger partial charge < -0.3 is 10.1 Å². The topological polar surface area (TPSA) is 98.5 Å². The van der Waals surface area contributed by atoms with Gasteiger partial charge in [0.2, 0.25) is 5.75 Å². The minimum Gasteiger partial charge on any atom is -0.450 e. The molecule has 0 aliphatic heterocycles. The van der Waals surface area contributed by atoms with Crippen molar-refractivity contribution in [3.05, 3.63) is 63.2 Å². The molecule has 0 saturated carbocycles. The number of Topliss-reactive ketones (excluding diaryl/α,β-unsaturated/α-hetero) is 1. The van der Waals surface area contributed by atoms with E-state index in [2.05, 4.69) is 5.32 Å². The van der Waals surface area contributed by atoms with E-state index in [0.717, 1.165) is 18.4 Å². The van der Waals surface area contributed by atoms with Crippen molar-refractivity contribution in [2.24, 2.45) is 0 Å². The molecule has 1 N–H and O–H groups in total. The van der Waals surface area contributed by atoms with Gasteiger partial charge in [-0.15, -0.1) is 0 Å². The molecule has 2 aromatic carbocycles. The van der Waals surface area contributed by atoms with Crippen LogP contribution in [-0.4, -0.2) is 23.7 Å². The van der Waals surface area contributed by atoms with Crippen molar-refractivity contribution in [2.75, 3.05) is 7.05 Å². The van der Waals surface area contributed by atoms with Gasteiger partial charge >= 0.3 is 5.69 Å². The van der Waals surface area contributed by atoms with Crippen LogP contribution in [0.4, 0.5) is 5.69 Å². The minimum atomic E-state index is -0.594. The maximum atomic E-state index is 11.9. The second kappa shape index (κ2) is 6.72. The van der Waals surface area contributed by atoms with Gasteiger partial charge in [-0.05, 0) is 48.7 Å². The SMILES string of the molecule is CNC(=O)c1ccc(Oc2ccc3c(c2)CCCC3=O)c([N+](=O)[O-])c1. The molecule has 0 bridgehead atoms. The van der Waals surface area contributed by atoms with Gasteiger partial charge in [0.15, 0.2) is 5.78 Å². The summed E-state index contributed by atoms with van der Waals surface area (Å²) in [6.07, 6.45) is 2.10. The Hall–Kier alpha value is -3.22. The molecule has 7 nitrogen and oxygen atoms in total. The molecule has 0 atom stereocenters. The first-order chi connectivity index (χ1) is 12.0. The first-order valence-corrected chi connectivity index (χ1v) is 7.84. The summed E-state index contributed by atoms with van der Waals surface area (Å²) in [5.74, 6) is 0.152. The Kier molecular flexibility index (Phi) is 4.47. The standard InChI is InChI=1S/C18H16N2O5/c1-19-18(22)12-5-8-17(15(10-12)20(23)24)25-13-6-7-14-11(9-13)3-2-4-16(14)21/h5-10H,2-4H2,1H3,(H,19,22). The summed E-state index contributed by atoms with van der Waals surface area (Å²) in [4.78, 5) is 34.2. The Morgan fingerprint density at radius 3 is 2.72 bits per heavy atom. The highest BCUT2D eigenvalue weighted by molar-refractivity contribution is 5.98. The molecule has 1 amide bonds. The van der Waals surface area contributed by atoms with Crippen molar-refractivity contribution < 1.29 is 19.2 Å². The predicted molar refractivity (Wildman–Crippen MR) is 90.3 cm³/mol. The van der Waals surface area contributed by atoms with Crippen LogP contribution in [0.15, 0.2) is 36.4 Å². The Labute approximate surface area is 143 Å². The average molecular weight is 340 g/mol. The summed E-state index contributed by atoms with van der Waals surface area (Å²) in [6.45, 7) is 0. The summed E-state index contributed by atoms with van der Waals surface area (Å²) in [7, 11) is 1.45. The van der Waals surface area contributed by atoms with Crippen LogP contribution < -0.4 is 10.1 Å². The number of hydrogen-bond acceptors (Lipinski definition) is 5. The Morgan fingerprint density at radius 2 is 2.00 bits per heavy atom. The molecule has 0 spiro atoms. The molecule has 0 radical (unpaired) electrons. The number of nitrogens with zero attached hydrogens (tertiary/aromatic N) is 1. The van der Waals surface area contributed by atoms with Crippen LogP contribution in [0.5, 0.6) is 11.5 Å². The molecular formula is C18H16N2O5. The molecule has 0 aromatic heterocycles. The Balaban J connectivity index is 1.93. The fourth-order valence-corrected chi connectivity index (χ4v) is 2.85. The summed E-state index contributed by atoms with van der Waals surface area (Å²) >= 11 is 0. The third-order valence-corrected chi connectivity index (χ3v) is 4.10. The third-order valence-electron chi connectivity index (χ3n) is 4.10. The van der Waals surface area contributed by atoms with E-state index in [0.29, 0.717) is 17.7 Å². The van der Waals surface area contributed by atoms with Crippen LogP contribution in [0.1, 0.15) is 39.1 Å². The van der Waals surface area contributed by atoms with Gasteiger partial charge in [-0.3, -0.25) is 19.7 Å². The number of nitrogens with one attached hydrogen (secondary N) is 1. The molecule has 3 rings (SSSR count). The molecule has 2 aromatic rings. The van der Waals surface area contributed by atoms with Crippen LogP contribution in [0.25, 0.3) is 0 Å². The molecule has 7 heteroatoms. The van der Waals surface area contributed by atoms with E-state index in [9.17, 15) is 19.7 Å². The van der Waals surface area contributed by atoms with Crippen LogP contribution in [0.2, 0.25) is 0 Å². The summed E-state index contributed by atoms with van der Waals surface area (Å²) in [6, 6.07) is 9.09. The summed E-state index contributed by atoms with van der Waals surface area (Å²) in [5, 5.41) is 13.7. The molecule has 25 heavy (non-hydrogen) atoms. The van der Waals surface area contributed by atoms with Crippen molar-refractivity contribution >= 4 is 17.4 Å². The molecule has 0 heterocycles. The molecule has 0 unspecified atom stereocenters. The Morgan fingerprint density at radius 1 is 1.20 bits per heavy atom. The Bertz CT molecular complexity index is 876. The van der Waals surface area contributed by atoms with Gasteiger partial charge in [-0.2, -0.15) is 0 Å². The van der Waals surface area contributed by atoms with Gasteiger partial charge in [0, 0.05) is 30.7 Å². The monoisotopic (exact) mass is 340 g/mol. The van der Waals surface area contributed by atoms with Crippen LogP contribution in [-0.2, 0) is 6.42 Å². The second-order valence-electron chi connectivity index (χ2n) is 5.72. The van der Waals surface area contributed by atoms with E-state index in [1.54, 1.807) is 18.2 Å². The quantitative estimate of drug-likeness (QED) is 0.680. The normalized spacial score (nSPS) is 13.1. The lowest BCUT2D eigenvalue weighted by Gasteiger charge is -2.16. The lowest BCUT2D eigenvalue weighted by molar-refractivity contribution is -0.385. The van der Waals surface area contributed by atoms with E-state index in [1.165, 1.54) is 25.2 Å². The number of aryl methyl sites for hydroxylation is 1. The number of ether oxygens (including phenoxy) is 1. The van der Waals surface area contributed by atoms with Crippen LogP contribution in [0, 0.1) is 10.1 Å². The first kappa shape index (κ1) is 16.6. The number of amides is 1. The number of benzene rings is 2. The fourth-order valence-electron chi connectivity index (χ4n) is 2.85. The lowest BCUT2D eigenvalue weighted by Crippen LogP contribution is -2.17. The highest BCUT2D eigenvalue weighted by atomic mass is 16.6. The van der Waals surface area contributed by atoms with Gasteiger partial charge in [0.05, 0.1) is 4.92 Å². The number of nitro groups is 1. The summed E-state index contributed by atoms with van der Waals surface area (Å²) in [5.41, 5.74) is 1.45. The van der Waals surface area contributed by atoms with Crippen LogP contribution >= 0.6 is 0 Å². The maximum Gasteiger partial charge on any atom is 0.312 e. The van der Waals surface area contributed by atoms with E-state index in [1.807, 2.05) is 0 Å². The number of fused-ring (bicyclic) bond motifs is 1. The molecule has 0 fully saturated rings. The lowest BCUT2D eigenvalue weighted by atomic mass is 9.90. The number of carbonyl (C=O) groups excluding carboxylic acids is 2. The molecule has 0 saturated heterocycles. The minimum absolute atomic E-state index is 0.0414. The van der Waals surface area contributed by atoms with Gasteiger partial charge in [-0.1, -0.05) is 0 Å². The van der Waals surface area contributed by atoms with Gasteiger partial charge in [-0.25, -0.2) is 0 Å². The van der Waals surface area contributed by atoms with Gasteiger partial charge in [0.1, 0.15) is 5.75 Å². The van der Waals surface area contributed by atoms with E-state index >= 15 is 0 Å². The van der Waals surface area contributed by atoms with E-state index in [-0.39, 0.29) is 22.8 Å². The zero-order valence-electron chi connectivity index (χ0n) is 13.6. The number of carbonyl (C=O) groups is 2. The van der Waals surface area contributed by atoms with E-state index < -0.39 is 10.8 Å². The highest BCUT2D eigenvalue weighted by Gasteiger charge is 2.21. The van der Waals surface area contributed by atoms with Crippen molar-refractivity contribution in [2.45, 2.75) is 19.3 Å². The number of rotatable bonds is 4. The number of ketones is 1. The predicted octanol–water partition coefficient (Wildman–Crippen LogP) is 3.27. The van der Waals surface area contributed by atoms with Crippen LogP contribution in [0.3, 0.4) is 0 Å². The largest absolute Gasteiger partial charge is 0.450 e. The molecule has 1 aliphatic carbocycles. The first-order valence-electron chi connectivity index (χ1n) is 7.84. The number of hydrogen-bond donors (Lipinski definition) is 1. The van der Waals surface area contributed by atoms with Crippen molar-refractivity contribution in [3.63, 3.8) is 0 Å². The highest BCUT2D eigenvalue weighted by Crippen LogP contribution is 2.34. The van der Waals surface area contributed by atoms with Gasteiger partial charge in [0.25, 0.3) is 5.91 Å². The molecular weight excluding hydrogens is 324 g/mol. The number of nitro benzene ring substituents is 1. The second-order valence-corrected chi connectivity index (χ2v) is 5.72.